The molecule has 1 saturated carbocycles. The molecule has 162 valence electrons. The number of nitrogens with zero attached hydrogens (tertiary/aromatic N) is 1. The first-order chi connectivity index (χ1) is 14.0. The van der Waals surface area contributed by atoms with Crippen LogP contribution in [-0.2, 0) is 6.18 Å². The van der Waals surface area contributed by atoms with E-state index in [1.807, 2.05) is 0 Å². The minimum absolute atomic E-state index is 0.000743. The molecule has 30 heavy (non-hydrogen) atoms. The molecule has 1 aliphatic carbocycles. The minimum Gasteiger partial charge on any atom is -0.387 e. The van der Waals surface area contributed by atoms with Gasteiger partial charge in [0.15, 0.2) is 0 Å². The molecule has 10 heteroatoms. The third-order valence-corrected chi connectivity index (χ3v) is 5.74. The SMILES string of the molecule is O=C(NCC1(O)CCC(F)CC1c1cccc(Cl)n1)c1ccc(C(F)(F)F)cc1Cl. The molecule has 2 aromatic rings. The second-order valence-electron chi connectivity index (χ2n) is 7.29. The van der Waals surface area contributed by atoms with Crippen molar-refractivity contribution in [3.63, 3.8) is 0 Å². The molecule has 1 amide bonds. The van der Waals surface area contributed by atoms with Crippen LogP contribution in [0.25, 0.3) is 0 Å². The maximum atomic E-state index is 14.0. The molecular weight excluding hydrogens is 447 g/mol. The Hall–Kier alpha value is -1.90. The highest BCUT2D eigenvalue weighted by molar-refractivity contribution is 6.33. The van der Waals surface area contributed by atoms with E-state index < -0.39 is 35.3 Å². The van der Waals surface area contributed by atoms with E-state index in [9.17, 15) is 27.5 Å². The maximum Gasteiger partial charge on any atom is 0.416 e. The number of rotatable bonds is 4. The molecule has 3 unspecified atom stereocenters. The summed E-state index contributed by atoms with van der Waals surface area (Å²) < 4.78 is 52.3. The number of hydrogen-bond acceptors (Lipinski definition) is 3. The zero-order chi connectivity index (χ0) is 22.1. The van der Waals surface area contributed by atoms with Gasteiger partial charge in [0, 0.05) is 18.2 Å². The van der Waals surface area contributed by atoms with Gasteiger partial charge >= 0.3 is 6.18 Å². The summed E-state index contributed by atoms with van der Waals surface area (Å²) >= 11 is 11.8. The smallest absolute Gasteiger partial charge is 0.387 e. The Labute approximate surface area is 180 Å². The van der Waals surface area contributed by atoms with Gasteiger partial charge in [-0.25, -0.2) is 9.37 Å². The summed E-state index contributed by atoms with van der Waals surface area (Å²) in [7, 11) is 0. The van der Waals surface area contributed by atoms with Crippen LogP contribution in [-0.4, -0.2) is 34.3 Å². The molecule has 1 aromatic heterocycles. The molecule has 1 aliphatic rings. The summed E-state index contributed by atoms with van der Waals surface area (Å²) in [6, 6.07) is 7.19. The van der Waals surface area contributed by atoms with Crippen molar-refractivity contribution >= 4 is 29.1 Å². The Bertz CT molecular complexity index is 941. The Morgan fingerprint density at radius 2 is 2.00 bits per heavy atom. The fraction of sp³-hybridized carbons (Fsp3) is 0.400. The van der Waals surface area contributed by atoms with E-state index >= 15 is 0 Å². The zero-order valence-electron chi connectivity index (χ0n) is 15.5. The topological polar surface area (TPSA) is 62.2 Å². The Morgan fingerprint density at radius 1 is 1.27 bits per heavy atom. The molecular formula is C20H18Cl2F4N2O2. The fourth-order valence-electron chi connectivity index (χ4n) is 3.60. The number of aromatic nitrogens is 1. The summed E-state index contributed by atoms with van der Waals surface area (Å²) in [4.78, 5) is 16.6. The summed E-state index contributed by atoms with van der Waals surface area (Å²) in [5.41, 5.74) is -2.25. The number of carbonyl (C=O) groups is 1. The molecule has 0 aliphatic heterocycles. The minimum atomic E-state index is -4.59. The summed E-state index contributed by atoms with van der Waals surface area (Å²) in [6.07, 6.45) is -5.56. The average Bonchev–Trinajstić information content (AvgIpc) is 2.67. The first-order valence-electron chi connectivity index (χ1n) is 9.13. The van der Waals surface area contributed by atoms with Crippen LogP contribution < -0.4 is 5.32 Å². The van der Waals surface area contributed by atoms with E-state index in [4.69, 9.17) is 23.2 Å². The summed E-state index contributed by atoms with van der Waals surface area (Å²) in [6.45, 7) is -0.255. The van der Waals surface area contributed by atoms with Crippen LogP contribution in [0, 0.1) is 0 Å². The third-order valence-electron chi connectivity index (χ3n) is 5.22. The van der Waals surface area contributed by atoms with Crippen LogP contribution >= 0.6 is 23.2 Å². The van der Waals surface area contributed by atoms with Gasteiger partial charge in [-0.15, -0.1) is 0 Å². The quantitative estimate of drug-likeness (QED) is 0.484. The Balaban J connectivity index is 1.78. The van der Waals surface area contributed by atoms with Gasteiger partial charge in [0.05, 0.1) is 21.8 Å². The lowest BCUT2D eigenvalue weighted by Gasteiger charge is -2.41. The predicted octanol–water partition coefficient (Wildman–Crippen LogP) is 5.17. The summed E-state index contributed by atoms with van der Waals surface area (Å²) in [5.74, 6) is -1.47. The van der Waals surface area contributed by atoms with Gasteiger partial charge in [-0.3, -0.25) is 4.79 Å². The van der Waals surface area contributed by atoms with Crippen LogP contribution in [0.1, 0.15) is 46.8 Å². The van der Waals surface area contributed by atoms with Crippen molar-refractivity contribution in [3.05, 3.63) is 63.4 Å². The van der Waals surface area contributed by atoms with Gasteiger partial charge in [-0.05, 0) is 49.6 Å². The van der Waals surface area contributed by atoms with Crippen molar-refractivity contribution in [1.82, 2.24) is 10.3 Å². The molecule has 0 saturated heterocycles. The van der Waals surface area contributed by atoms with Crippen molar-refractivity contribution < 1.29 is 27.5 Å². The molecule has 1 fully saturated rings. The number of halogens is 6. The van der Waals surface area contributed by atoms with Gasteiger partial charge in [-0.2, -0.15) is 13.2 Å². The van der Waals surface area contributed by atoms with Gasteiger partial charge in [0.2, 0.25) is 0 Å². The number of benzene rings is 1. The lowest BCUT2D eigenvalue weighted by Crippen LogP contribution is -2.50. The number of hydrogen-bond donors (Lipinski definition) is 2. The first kappa shape index (κ1) is 22.8. The molecule has 0 bridgehead atoms. The van der Waals surface area contributed by atoms with Crippen LogP contribution in [0.3, 0.4) is 0 Å². The first-order valence-corrected chi connectivity index (χ1v) is 9.89. The highest BCUT2D eigenvalue weighted by atomic mass is 35.5. The number of aliphatic hydroxyl groups is 1. The van der Waals surface area contributed by atoms with Crippen LogP contribution in [0.2, 0.25) is 10.2 Å². The van der Waals surface area contributed by atoms with E-state index in [0.717, 1.165) is 12.1 Å². The second kappa shape index (κ2) is 8.69. The normalized spacial score (nSPS) is 24.5. The second-order valence-corrected chi connectivity index (χ2v) is 8.08. The highest BCUT2D eigenvalue weighted by Crippen LogP contribution is 2.41. The fourth-order valence-corrected chi connectivity index (χ4v) is 4.04. The molecule has 3 atom stereocenters. The van der Waals surface area contributed by atoms with Crippen LogP contribution in [0.5, 0.6) is 0 Å². The Kier molecular flexibility index (Phi) is 6.60. The van der Waals surface area contributed by atoms with Crippen LogP contribution in [0.4, 0.5) is 17.6 Å². The number of amides is 1. The van der Waals surface area contributed by atoms with Crippen molar-refractivity contribution in [2.24, 2.45) is 0 Å². The Morgan fingerprint density at radius 3 is 2.63 bits per heavy atom. The van der Waals surface area contributed by atoms with Crippen molar-refractivity contribution in [2.45, 2.75) is 43.1 Å². The van der Waals surface area contributed by atoms with E-state index in [0.29, 0.717) is 11.8 Å². The lowest BCUT2D eigenvalue weighted by atomic mass is 9.72. The number of carbonyl (C=O) groups excluding carboxylic acids is 1. The molecule has 1 aromatic carbocycles. The standard InChI is InChI=1S/C20H18Cl2F4N2O2/c21-15-8-11(20(24,25)26)4-5-13(15)18(29)27-10-19(30)7-6-12(23)9-14(19)16-2-1-3-17(22)28-16/h1-5,8,12,14,30H,6-7,9-10H2,(H,27,29). The third kappa shape index (κ3) is 5.04. The van der Waals surface area contributed by atoms with Gasteiger partial charge in [0.25, 0.3) is 5.91 Å². The van der Waals surface area contributed by atoms with E-state index in [2.05, 4.69) is 10.3 Å². The maximum absolute atomic E-state index is 14.0. The van der Waals surface area contributed by atoms with Gasteiger partial charge < -0.3 is 10.4 Å². The molecule has 3 rings (SSSR count). The van der Waals surface area contributed by atoms with Crippen molar-refractivity contribution in [1.29, 1.82) is 0 Å². The number of nitrogens with one attached hydrogen (secondary N) is 1. The lowest BCUT2D eigenvalue weighted by molar-refractivity contribution is -0.137. The predicted molar refractivity (Wildman–Crippen MR) is 104 cm³/mol. The average molecular weight is 465 g/mol. The molecule has 2 N–H and O–H groups in total. The zero-order valence-corrected chi connectivity index (χ0v) is 17.0. The number of pyridine rings is 1. The summed E-state index contributed by atoms with van der Waals surface area (Å²) in [5, 5.41) is 13.5. The van der Waals surface area contributed by atoms with Gasteiger partial charge in [0.1, 0.15) is 11.3 Å². The molecule has 0 radical (unpaired) electrons. The monoisotopic (exact) mass is 464 g/mol. The van der Waals surface area contributed by atoms with Crippen LogP contribution in [0.15, 0.2) is 36.4 Å². The van der Waals surface area contributed by atoms with Gasteiger partial charge in [-0.1, -0.05) is 29.3 Å². The highest BCUT2D eigenvalue weighted by Gasteiger charge is 2.44. The van der Waals surface area contributed by atoms with Crippen molar-refractivity contribution in [3.8, 4) is 0 Å². The van der Waals surface area contributed by atoms with E-state index in [1.54, 1.807) is 18.2 Å². The number of alkyl halides is 4. The molecule has 4 nitrogen and oxygen atoms in total. The van der Waals surface area contributed by atoms with Crippen molar-refractivity contribution in [2.75, 3.05) is 6.54 Å². The van der Waals surface area contributed by atoms with E-state index in [1.165, 1.54) is 0 Å². The van der Waals surface area contributed by atoms with E-state index in [-0.39, 0.29) is 41.5 Å². The molecule has 1 heterocycles. The largest absolute Gasteiger partial charge is 0.416 e. The molecule has 0 spiro atoms.